The molecule has 0 nitrogen and oxygen atoms in total. The first-order chi connectivity index (χ1) is 21.8. The third kappa shape index (κ3) is 12.3. The van der Waals surface area contributed by atoms with Crippen molar-refractivity contribution in [1.29, 1.82) is 0 Å². The average Bonchev–Trinajstić information content (AvgIpc) is 2.96. The zero-order valence-electron chi connectivity index (χ0n) is 31.4. The molecule has 0 fully saturated rings. The molecular formula is C42H66As3P. The Bertz CT molecular complexity index is 1120. The molecule has 0 heterocycles. The zero-order chi connectivity index (χ0) is 34.0. The molecule has 3 rings (SSSR count). The van der Waals surface area contributed by atoms with Gasteiger partial charge >= 0.3 is 303 Å². The molecule has 0 amide bonds. The molecule has 3 aromatic carbocycles. The van der Waals surface area contributed by atoms with Gasteiger partial charge in [-0.15, -0.1) is 0 Å². The molecule has 0 aromatic heterocycles. The van der Waals surface area contributed by atoms with E-state index in [1.54, 1.807) is 29.0 Å². The fourth-order valence-corrected chi connectivity index (χ4v) is 32.0. The number of hydrogen-bond acceptors (Lipinski definition) is 0. The Labute approximate surface area is 301 Å². The van der Waals surface area contributed by atoms with Crippen LogP contribution in [0.2, 0.25) is 31.3 Å². The van der Waals surface area contributed by atoms with Crippen molar-refractivity contribution in [3.8, 4) is 0 Å². The van der Waals surface area contributed by atoms with E-state index in [0.717, 1.165) is 35.5 Å². The van der Waals surface area contributed by atoms with E-state index < -0.39 is 51.9 Å². The molecule has 0 saturated carbocycles. The van der Waals surface area contributed by atoms with Crippen LogP contribution in [-0.2, 0) is 0 Å². The van der Waals surface area contributed by atoms with Gasteiger partial charge in [-0.1, -0.05) is 0 Å². The Hall–Kier alpha value is -0.235. The first-order valence-corrected chi connectivity index (χ1v) is 30.2. The molecule has 0 unspecified atom stereocenters. The van der Waals surface area contributed by atoms with E-state index in [-0.39, 0.29) is 0 Å². The van der Waals surface area contributed by atoms with Crippen molar-refractivity contribution in [2.24, 2.45) is 35.5 Å². The molecule has 0 radical (unpaired) electrons. The number of benzene rings is 3. The summed E-state index contributed by atoms with van der Waals surface area (Å²) in [4.78, 5) is 0. The van der Waals surface area contributed by atoms with E-state index in [9.17, 15) is 0 Å². The summed E-state index contributed by atoms with van der Waals surface area (Å²) in [6.07, 6.45) is 0. The third-order valence-corrected chi connectivity index (χ3v) is 33.2. The van der Waals surface area contributed by atoms with Gasteiger partial charge in [-0.05, 0) is 0 Å². The minimum atomic E-state index is -1.27. The molecule has 4 heteroatoms. The van der Waals surface area contributed by atoms with Gasteiger partial charge < -0.3 is 0 Å². The molecule has 0 atom stereocenters. The first kappa shape index (κ1) is 40.2. The van der Waals surface area contributed by atoms with Crippen LogP contribution in [0.5, 0.6) is 0 Å². The molecule has 0 bridgehead atoms. The summed E-state index contributed by atoms with van der Waals surface area (Å²) in [5.74, 6) is 4.51. The van der Waals surface area contributed by atoms with Crippen LogP contribution in [0.3, 0.4) is 0 Å². The summed E-state index contributed by atoms with van der Waals surface area (Å²) in [7, 11) is -0.646. The van der Waals surface area contributed by atoms with Crippen LogP contribution in [0.15, 0.2) is 72.8 Å². The van der Waals surface area contributed by atoms with Gasteiger partial charge in [-0.25, -0.2) is 0 Å². The van der Waals surface area contributed by atoms with Gasteiger partial charge in [0.05, 0.1) is 0 Å². The fourth-order valence-electron chi connectivity index (χ4n) is 6.61. The molecule has 0 spiro atoms. The predicted molar refractivity (Wildman–Crippen MR) is 219 cm³/mol. The Morgan fingerprint density at radius 3 is 0.739 bits per heavy atom. The van der Waals surface area contributed by atoms with Gasteiger partial charge in [0, 0.05) is 0 Å². The normalized spacial score (nSPS) is 12.7. The Balaban J connectivity index is 2.43. The van der Waals surface area contributed by atoms with Gasteiger partial charge in [-0.2, -0.15) is 0 Å². The molecule has 0 aliphatic carbocycles. The van der Waals surface area contributed by atoms with Crippen LogP contribution in [-0.4, -0.2) is 44.0 Å². The topological polar surface area (TPSA) is 0 Å². The second kappa shape index (κ2) is 19.8. The molecule has 0 saturated heterocycles. The van der Waals surface area contributed by atoms with Crippen molar-refractivity contribution in [2.75, 3.05) is 0 Å². The summed E-state index contributed by atoms with van der Waals surface area (Å²) in [6.45, 7) is 29.5. The Morgan fingerprint density at radius 1 is 0.348 bits per heavy atom. The molecule has 0 aliphatic rings. The molecule has 3 aromatic rings. The van der Waals surface area contributed by atoms with Crippen LogP contribution in [0.25, 0.3) is 0 Å². The Kier molecular flexibility index (Phi) is 17.3. The van der Waals surface area contributed by atoms with Crippen LogP contribution >= 0.6 is 7.92 Å². The van der Waals surface area contributed by atoms with Crippen LogP contribution in [0.4, 0.5) is 0 Å². The standard InChI is InChI=1S/C42H66As3P/c1-31(2)25-43(26-32(3)4)37-19-13-16-22-40(37)46(41-23-17-14-20-38(41)44(27-33(5)6)28-34(7)8)42-24-18-15-21-39(42)45(29-35(9)10)30-36(11)12/h13-24,31-36H,25-30H2,1-12H3. The summed E-state index contributed by atoms with van der Waals surface area (Å²) >= 11 is -3.82. The Morgan fingerprint density at radius 2 is 0.543 bits per heavy atom. The van der Waals surface area contributed by atoms with Crippen LogP contribution < -0.4 is 29.0 Å². The van der Waals surface area contributed by atoms with Gasteiger partial charge in [0.15, 0.2) is 0 Å². The third-order valence-electron chi connectivity index (χ3n) is 7.90. The molecular weight excluding hydrogens is 760 g/mol. The molecule has 0 N–H and O–H groups in total. The predicted octanol–water partition coefficient (Wildman–Crippen LogP) is 9.49. The van der Waals surface area contributed by atoms with E-state index in [1.165, 1.54) is 31.3 Å². The summed E-state index contributed by atoms with van der Waals surface area (Å²) < 4.78 is 5.35. The quantitative estimate of drug-likeness (QED) is 0.0887. The second-order valence-electron chi connectivity index (χ2n) is 15.9. The second-order valence-corrected chi connectivity index (χ2v) is 32.4. The average molecular weight is 827 g/mol. The number of hydrogen-bond donors (Lipinski definition) is 0. The van der Waals surface area contributed by atoms with E-state index in [4.69, 9.17) is 0 Å². The van der Waals surface area contributed by atoms with E-state index in [2.05, 4.69) is 156 Å². The summed E-state index contributed by atoms with van der Waals surface area (Å²) in [6, 6.07) is 29.8. The monoisotopic (exact) mass is 826 g/mol. The van der Waals surface area contributed by atoms with Crippen molar-refractivity contribution in [2.45, 2.75) is 114 Å². The summed E-state index contributed by atoms with van der Waals surface area (Å²) in [5.41, 5.74) is 0. The van der Waals surface area contributed by atoms with E-state index in [1.807, 2.05) is 0 Å². The number of rotatable bonds is 18. The maximum atomic E-state index is 2.60. The molecule has 0 aliphatic heterocycles. The van der Waals surface area contributed by atoms with Crippen molar-refractivity contribution in [3.63, 3.8) is 0 Å². The first-order valence-electron chi connectivity index (χ1n) is 18.1. The van der Waals surface area contributed by atoms with Crippen molar-refractivity contribution in [1.82, 2.24) is 0 Å². The zero-order valence-corrected chi connectivity index (χ0v) is 37.9. The molecule has 46 heavy (non-hydrogen) atoms. The van der Waals surface area contributed by atoms with Gasteiger partial charge in [0.25, 0.3) is 0 Å². The van der Waals surface area contributed by atoms with Gasteiger partial charge in [0.1, 0.15) is 0 Å². The van der Waals surface area contributed by atoms with E-state index in [0.29, 0.717) is 0 Å². The fraction of sp³-hybridized carbons (Fsp3) is 0.571. The van der Waals surface area contributed by atoms with Crippen molar-refractivity contribution >= 4 is 80.8 Å². The molecule has 254 valence electrons. The van der Waals surface area contributed by atoms with Crippen molar-refractivity contribution in [3.05, 3.63) is 72.8 Å². The van der Waals surface area contributed by atoms with Gasteiger partial charge in [-0.3, -0.25) is 0 Å². The van der Waals surface area contributed by atoms with E-state index >= 15 is 0 Å². The summed E-state index contributed by atoms with van der Waals surface area (Å²) in [5, 5.41) is 13.6. The SMILES string of the molecule is CC(C)C[As](CC(C)C)c1ccccc1P(c1ccccc1[As](CC(C)C)CC(C)C)c1ccccc1[As](CC(C)C)CC(C)C. The van der Waals surface area contributed by atoms with Crippen LogP contribution in [0, 0.1) is 35.5 Å². The minimum absolute atomic E-state index is 0.646. The van der Waals surface area contributed by atoms with Crippen molar-refractivity contribution < 1.29 is 0 Å². The maximum absolute atomic E-state index is 2.60. The van der Waals surface area contributed by atoms with Crippen LogP contribution in [0.1, 0.15) is 83.1 Å². The van der Waals surface area contributed by atoms with Gasteiger partial charge in [0.2, 0.25) is 0 Å².